The summed E-state index contributed by atoms with van der Waals surface area (Å²) in [4.78, 5) is 0. The summed E-state index contributed by atoms with van der Waals surface area (Å²) in [7, 11) is 0. The van der Waals surface area contributed by atoms with Gasteiger partial charge in [0, 0.05) is 6.04 Å². The van der Waals surface area contributed by atoms with Crippen LogP contribution in [0.5, 0.6) is 0 Å². The van der Waals surface area contributed by atoms with Crippen LogP contribution in [-0.4, -0.2) is 31.0 Å². The molecule has 0 saturated carbocycles. The molecule has 1 N–H and O–H groups in total. The summed E-state index contributed by atoms with van der Waals surface area (Å²) in [6, 6.07) is -1.51. The predicted octanol–water partition coefficient (Wildman–Crippen LogP) is 2.48. The van der Waals surface area contributed by atoms with E-state index in [1.165, 1.54) is 0 Å². The first-order valence-electron chi connectivity index (χ1n) is 5.34. The Kier molecular flexibility index (Phi) is 4.40. The van der Waals surface area contributed by atoms with Crippen LogP contribution in [0, 0.1) is 0 Å². The Morgan fingerprint density at radius 2 is 2.00 bits per heavy atom. The van der Waals surface area contributed by atoms with Gasteiger partial charge in [-0.2, -0.15) is 13.2 Å². The van der Waals surface area contributed by atoms with Crippen molar-refractivity contribution in [1.29, 1.82) is 0 Å². The van der Waals surface area contributed by atoms with Crippen molar-refractivity contribution in [1.82, 2.24) is 5.32 Å². The molecular formula is C10H18F3NO. The minimum atomic E-state index is -4.13. The molecule has 1 aliphatic heterocycles. The molecule has 5 heteroatoms. The fourth-order valence-corrected chi connectivity index (χ4v) is 1.72. The van der Waals surface area contributed by atoms with Crippen molar-refractivity contribution in [3.63, 3.8) is 0 Å². The molecule has 0 amide bonds. The van der Waals surface area contributed by atoms with Gasteiger partial charge in [-0.3, -0.25) is 0 Å². The van der Waals surface area contributed by atoms with E-state index in [0.717, 1.165) is 6.42 Å². The van der Waals surface area contributed by atoms with Crippen molar-refractivity contribution in [3.8, 4) is 0 Å². The largest absolute Gasteiger partial charge is 0.403 e. The molecule has 1 aliphatic rings. The standard InChI is InChI=1S/C10H18F3NO/c1-7(2)15-6-8-4-3-5-9(14-8)10(11,12)13/h7-9,14H,3-6H2,1-2H3. The lowest BCUT2D eigenvalue weighted by molar-refractivity contribution is -0.164. The molecule has 0 spiro atoms. The fourth-order valence-electron chi connectivity index (χ4n) is 1.72. The minimum absolute atomic E-state index is 0.0677. The van der Waals surface area contributed by atoms with E-state index in [2.05, 4.69) is 5.32 Å². The second-order valence-electron chi connectivity index (χ2n) is 4.27. The lowest BCUT2D eigenvalue weighted by Gasteiger charge is -2.32. The number of alkyl halides is 3. The molecular weight excluding hydrogens is 207 g/mol. The summed E-state index contributed by atoms with van der Waals surface area (Å²) in [5.74, 6) is 0. The van der Waals surface area contributed by atoms with Gasteiger partial charge in [0.2, 0.25) is 0 Å². The van der Waals surface area contributed by atoms with Crippen molar-refractivity contribution in [2.24, 2.45) is 0 Å². The molecule has 1 rings (SSSR count). The number of ether oxygens (including phenoxy) is 1. The van der Waals surface area contributed by atoms with Gasteiger partial charge in [0.15, 0.2) is 0 Å². The van der Waals surface area contributed by atoms with Crippen molar-refractivity contribution in [2.75, 3.05) is 6.61 Å². The van der Waals surface area contributed by atoms with Crippen molar-refractivity contribution < 1.29 is 17.9 Å². The Hall–Kier alpha value is -0.290. The first-order chi connectivity index (χ1) is 6.89. The summed E-state index contributed by atoms with van der Waals surface area (Å²) in [5.41, 5.74) is 0. The highest BCUT2D eigenvalue weighted by atomic mass is 19.4. The molecule has 1 heterocycles. The molecule has 0 aromatic heterocycles. The van der Waals surface area contributed by atoms with Crippen LogP contribution in [0.3, 0.4) is 0 Å². The highest BCUT2D eigenvalue weighted by Crippen LogP contribution is 2.27. The summed E-state index contributed by atoms with van der Waals surface area (Å²) in [6.07, 6.45) is -2.50. The highest BCUT2D eigenvalue weighted by molar-refractivity contribution is 4.84. The summed E-state index contributed by atoms with van der Waals surface area (Å²) >= 11 is 0. The van der Waals surface area contributed by atoms with Crippen LogP contribution in [0.2, 0.25) is 0 Å². The maximum atomic E-state index is 12.4. The third kappa shape index (κ3) is 4.38. The Bertz CT molecular complexity index is 194. The molecule has 2 unspecified atom stereocenters. The van der Waals surface area contributed by atoms with E-state index >= 15 is 0 Å². The topological polar surface area (TPSA) is 21.3 Å². The lowest BCUT2D eigenvalue weighted by atomic mass is 9.99. The molecule has 1 saturated heterocycles. The second-order valence-corrected chi connectivity index (χ2v) is 4.27. The van der Waals surface area contributed by atoms with Gasteiger partial charge in [-0.1, -0.05) is 0 Å². The van der Waals surface area contributed by atoms with Gasteiger partial charge in [0.1, 0.15) is 6.04 Å². The number of hydrogen-bond donors (Lipinski definition) is 1. The molecule has 0 aromatic rings. The van der Waals surface area contributed by atoms with Gasteiger partial charge >= 0.3 is 6.18 Å². The zero-order chi connectivity index (χ0) is 11.5. The quantitative estimate of drug-likeness (QED) is 0.796. The average molecular weight is 225 g/mol. The number of hydrogen-bond acceptors (Lipinski definition) is 2. The van der Waals surface area contributed by atoms with Crippen molar-refractivity contribution in [3.05, 3.63) is 0 Å². The second kappa shape index (κ2) is 5.16. The predicted molar refractivity (Wildman–Crippen MR) is 51.7 cm³/mol. The van der Waals surface area contributed by atoms with E-state index in [9.17, 15) is 13.2 Å². The molecule has 0 aromatic carbocycles. The van der Waals surface area contributed by atoms with Gasteiger partial charge in [-0.15, -0.1) is 0 Å². The Morgan fingerprint density at radius 3 is 2.53 bits per heavy atom. The van der Waals surface area contributed by atoms with Crippen molar-refractivity contribution in [2.45, 2.75) is 57.5 Å². The smallest absolute Gasteiger partial charge is 0.377 e. The molecule has 0 radical (unpaired) electrons. The van der Waals surface area contributed by atoms with Crippen molar-refractivity contribution >= 4 is 0 Å². The maximum absolute atomic E-state index is 12.4. The number of halogens is 3. The molecule has 15 heavy (non-hydrogen) atoms. The summed E-state index contributed by atoms with van der Waals surface area (Å²) in [6.45, 7) is 4.12. The number of piperidine rings is 1. The van der Waals surface area contributed by atoms with Crippen LogP contribution in [0.15, 0.2) is 0 Å². The molecule has 2 atom stereocenters. The molecule has 0 aliphatic carbocycles. The number of rotatable bonds is 3. The van der Waals surface area contributed by atoms with E-state index in [0.29, 0.717) is 13.0 Å². The third-order valence-corrected chi connectivity index (χ3v) is 2.51. The third-order valence-electron chi connectivity index (χ3n) is 2.51. The first kappa shape index (κ1) is 12.8. The van der Waals surface area contributed by atoms with Crippen LogP contribution in [0.4, 0.5) is 13.2 Å². The van der Waals surface area contributed by atoms with E-state index < -0.39 is 12.2 Å². The maximum Gasteiger partial charge on any atom is 0.403 e. The van der Waals surface area contributed by atoms with Crippen LogP contribution in [0.25, 0.3) is 0 Å². The van der Waals surface area contributed by atoms with Gasteiger partial charge in [0.25, 0.3) is 0 Å². The monoisotopic (exact) mass is 225 g/mol. The Morgan fingerprint density at radius 1 is 1.33 bits per heavy atom. The molecule has 90 valence electrons. The van der Waals surface area contributed by atoms with Crippen LogP contribution in [0.1, 0.15) is 33.1 Å². The fraction of sp³-hybridized carbons (Fsp3) is 1.00. The van der Waals surface area contributed by atoms with Crippen LogP contribution in [-0.2, 0) is 4.74 Å². The van der Waals surface area contributed by atoms with E-state index in [4.69, 9.17) is 4.74 Å². The Labute approximate surface area is 88.2 Å². The first-order valence-corrected chi connectivity index (χ1v) is 5.34. The summed E-state index contributed by atoms with van der Waals surface area (Å²) < 4.78 is 42.5. The van der Waals surface area contributed by atoms with Gasteiger partial charge in [-0.25, -0.2) is 0 Å². The lowest BCUT2D eigenvalue weighted by Crippen LogP contribution is -2.52. The van der Waals surface area contributed by atoms with Crippen LogP contribution < -0.4 is 5.32 Å². The highest BCUT2D eigenvalue weighted by Gasteiger charge is 2.41. The van der Waals surface area contributed by atoms with E-state index in [1.54, 1.807) is 0 Å². The molecule has 2 nitrogen and oxygen atoms in total. The minimum Gasteiger partial charge on any atom is -0.377 e. The molecule has 1 fully saturated rings. The Balaban J connectivity index is 2.36. The van der Waals surface area contributed by atoms with Crippen LogP contribution >= 0.6 is 0 Å². The zero-order valence-corrected chi connectivity index (χ0v) is 9.10. The van der Waals surface area contributed by atoms with Gasteiger partial charge in [-0.05, 0) is 33.1 Å². The average Bonchev–Trinajstić information content (AvgIpc) is 2.14. The number of nitrogens with one attached hydrogen (secondary N) is 1. The zero-order valence-electron chi connectivity index (χ0n) is 9.10. The normalized spacial score (nSPS) is 28.4. The molecule has 0 bridgehead atoms. The van der Waals surface area contributed by atoms with Gasteiger partial charge in [0.05, 0.1) is 12.7 Å². The van der Waals surface area contributed by atoms with E-state index in [1.807, 2.05) is 13.8 Å². The SMILES string of the molecule is CC(C)OCC1CCCC(C(F)(F)F)N1. The summed E-state index contributed by atoms with van der Waals surface area (Å²) in [5, 5.41) is 2.60. The van der Waals surface area contributed by atoms with E-state index in [-0.39, 0.29) is 18.6 Å². The van der Waals surface area contributed by atoms with Gasteiger partial charge < -0.3 is 10.1 Å².